The van der Waals surface area contributed by atoms with Crippen molar-refractivity contribution in [3.63, 3.8) is 0 Å². The van der Waals surface area contributed by atoms with Gasteiger partial charge >= 0.3 is 0 Å². The minimum absolute atomic E-state index is 0. The first-order chi connectivity index (χ1) is 5.89. The molecule has 0 amide bonds. The Kier molecular flexibility index (Phi) is 8.84. The van der Waals surface area contributed by atoms with Gasteiger partial charge in [0.1, 0.15) is 0 Å². The molecule has 1 heterocycles. The monoisotopic (exact) mass is 254 g/mol. The number of aryl methyl sites for hydroxylation is 1. The molecule has 3 heteroatoms. The molecule has 0 fully saturated rings. The zero-order valence-corrected chi connectivity index (χ0v) is 10.0. The van der Waals surface area contributed by atoms with E-state index in [2.05, 4.69) is 30.5 Å². The fraction of sp³-hybridized carbons (Fsp3) is 0.200. The summed E-state index contributed by atoms with van der Waals surface area (Å²) in [6.07, 6.45) is 2.16. The van der Waals surface area contributed by atoms with Crippen LogP contribution in [-0.2, 0) is 16.5 Å². The summed E-state index contributed by atoms with van der Waals surface area (Å²) in [4.78, 5) is 0. The fourth-order valence-electron chi connectivity index (χ4n) is 0.731. The van der Waals surface area contributed by atoms with Gasteiger partial charge in [-0.15, -0.1) is 0 Å². The summed E-state index contributed by atoms with van der Waals surface area (Å²) in [5, 5.41) is 2.12. The summed E-state index contributed by atoms with van der Waals surface area (Å²) < 4.78 is 0. The first kappa shape index (κ1) is 13.2. The third-order valence-corrected chi connectivity index (χ3v) is 3.24. The molecular formula is C10H12NiS2. The maximum absolute atomic E-state index is 2.16. The number of rotatable bonds is 0. The molecule has 0 spiro atoms. The van der Waals surface area contributed by atoms with Gasteiger partial charge in [0.25, 0.3) is 0 Å². The van der Waals surface area contributed by atoms with Crippen LogP contribution in [0.2, 0.25) is 0 Å². The van der Waals surface area contributed by atoms with E-state index in [4.69, 9.17) is 0 Å². The van der Waals surface area contributed by atoms with Crippen LogP contribution < -0.4 is 0 Å². The van der Waals surface area contributed by atoms with Crippen molar-refractivity contribution in [2.24, 2.45) is 0 Å². The summed E-state index contributed by atoms with van der Waals surface area (Å²) in [5.74, 6) is 1.20. The molecule has 0 saturated heterocycles. The van der Waals surface area contributed by atoms with Gasteiger partial charge in [0.05, 0.1) is 0 Å². The van der Waals surface area contributed by atoms with Crippen molar-refractivity contribution >= 4 is 21.6 Å². The minimum Gasteiger partial charge on any atom is -0.0854 e. The van der Waals surface area contributed by atoms with Gasteiger partial charge in [-0.25, -0.2) is 0 Å². The van der Waals surface area contributed by atoms with Crippen LogP contribution in [-0.4, -0.2) is 5.75 Å². The summed E-state index contributed by atoms with van der Waals surface area (Å²) in [7, 11) is 3.69. The molecule has 2 rings (SSSR count). The zero-order valence-electron chi connectivity index (χ0n) is 7.38. The van der Waals surface area contributed by atoms with Crippen molar-refractivity contribution in [3.8, 4) is 0 Å². The quantitative estimate of drug-likeness (QED) is 0.509. The van der Waals surface area contributed by atoms with Crippen molar-refractivity contribution in [2.45, 2.75) is 6.92 Å². The van der Waals surface area contributed by atoms with Crippen molar-refractivity contribution < 1.29 is 16.5 Å². The molecule has 0 bridgehead atoms. The molecule has 0 saturated carbocycles. The van der Waals surface area contributed by atoms with Crippen molar-refractivity contribution in [3.05, 3.63) is 47.4 Å². The van der Waals surface area contributed by atoms with E-state index in [1.807, 2.05) is 39.8 Å². The van der Waals surface area contributed by atoms with Gasteiger partial charge in [-0.2, -0.15) is 0 Å². The topological polar surface area (TPSA) is 0 Å². The van der Waals surface area contributed by atoms with Crippen LogP contribution >= 0.6 is 21.6 Å². The van der Waals surface area contributed by atoms with Crippen molar-refractivity contribution in [2.75, 3.05) is 5.75 Å². The molecule has 0 nitrogen and oxygen atoms in total. The second-order valence-corrected chi connectivity index (χ2v) is 4.73. The summed E-state index contributed by atoms with van der Waals surface area (Å²) in [6.45, 7) is 2.08. The van der Waals surface area contributed by atoms with E-state index in [-0.39, 0.29) is 16.5 Å². The van der Waals surface area contributed by atoms with Gasteiger partial charge in [-0.05, 0) is 12.3 Å². The second-order valence-electron chi connectivity index (χ2n) is 2.41. The van der Waals surface area contributed by atoms with Crippen LogP contribution in [0.5, 0.6) is 0 Å². The molecule has 74 valence electrons. The van der Waals surface area contributed by atoms with Gasteiger partial charge in [0, 0.05) is 22.2 Å². The molecule has 1 aliphatic heterocycles. The molecule has 0 atom stereocenters. The predicted octanol–water partition coefficient (Wildman–Crippen LogP) is 3.89. The first-order valence-electron chi connectivity index (χ1n) is 3.84. The van der Waals surface area contributed by atoms with E-state index in [9.17, 15) is 0 Å². The van der Waals surface area contributed by atoms with Crippen LogP contribution in [0.4, 0.5) is 0 Å². The van der Waals surface area contributed by atoms with Crippen LogP contribution in [0.25, 0.3) is 0 Å². The third-order valence-electron chi connectivity index (χ3n) is 1.32. The molecule has 0 aliphatic carbocycles. The first-order valence-corrected chi connectivity index (χ1v) is 6.23. The Hall–Kier alpha value is 0.154. The Morgan fingerprint density at radius 3 is 2.08 bits per heavy atom. The minimum atomic E-state index is 0. The summed E-state index contributed by atoms with van der Waals surface area (Å²) in [5.41, 5.74) is 1.32. The molecule has 1 aromatic carbocycles. The Morgan fingerprint density at radius 2 is 1.85 bits per heavy atom. The number of hydrogen-bond donors (Lipinski definition) is 0. The Balaban J connectivity index is 0.000000215. The molecule has 1 aromatic rings. The van der Waals surface area contributed by atoms with Crippen LogP contribution in [0.15, 0.2) is 41.8 Å². The Labute approximate surface area is 97.9 Å². The van der Waals surface area contributed by atoms with Gasteiger partial charge < -0.3 is 0 Å². The Morgan fingerprint density at radius 1 is 1.15 bits per heavy atom. The maximum atomic E-state index is 2.16. The van der Waals surface area contributed by atoms with Crippen LogP contribution in [0.1, 0.15) is 5.56 Å². The van der Waals surface area contributed by atoms with Gasteiger partial charge in [-0.3, -0.25) is 0 Å². The summed E-state index contributed by atoms with van der Waals surface area (Å²) >= 11 is 0. The van der Waals surface area contributed by atoms with E-state index in [0.717, 1.165) is 0 Å². The van der Waals surface area contributed by atoms with E-state index in [1.54, 1.807) is 0 Å². The average Bonchev–Trinajstić information content (AvgIpc) is 2.62. The number of hydrogen-bond acceptors (Lipinski definition) is 2. The normalized spacial score (nSPS) is 12.7. The van der Waals surface area contributed by atoms with Crippen molar-refractivity contribution in [1.29, 1.82) is 0 Å². The zero-order chi connectivity index (χ0) is 8.65. The van der Waals surface area contributed by atoms with Gasteiger partial charge in [0.2, 0.25) is 0 Å². The predicted molar refractivity (Wildman–Crippen MR) is 60.4 cm³/mol. The largest absolute Gasteiger partial charge is 0.0854 e. The van der Waals surface area contributed by atoms with Gasteiger partial charge in [0.15, 0.2) is 0 Å². The molecule has 0 aromatic heterocycles. The molecule has 13 heavy (non-hydrogen) atoms. The third kappa shape index (κ3) is 7.24. The summed E-state index contributed by atoms with van der Waals surface area (Å²) in [6, 6.07) is 10.3. The van der Waals surface area contributed by atoms with E-state index >= 15 is 0 Å². The maximum Gasteiger partial charge on any atom is 0.0229 e. The molecule has 0 radical (unpaired) electrons. The second kappa shape index (κ2) is 8.74. The molecule has 0 unspecified atom stereocenters. The van der Waals surface area contributed by atoms with E-state index < -0.39 is 0 Å². The van der Waals surface area contributed by atoms with Crippen LogP contribution in [0.3, 0.4) is 0 Å². The number of benzene rings is 1. The fourth-order valence-corrected chi connectivity index (χ4v) is 2.30. The standard InChI is InChI=1S/C7H8.C3H4S2.Ni/c1-7-5-3-2-4-6-7;1-2-4-5-3-1;/h2-6H,1H3;1-2H,3H2;. The van der Waals surface area contributed by atoms with Crippen molar-refractivity contribution in [1.82, 2.24) is 0 Å². The SMILES string of the molecule is C1=CSSC1.Cc1ccccc1.[Ni]. The van der Waals surface area contributed by atoms with Gasteiger partial charge in [-0.1, -0.05) is 63.6 Å². The van der Waals surface area contributed by atoms with Crippen LogP contribution in [0, 0.1) is 6.92 Å². The molecule has 0 N–H and O–H groups in total. The Bertz CT molecular complexity index is 228. The average molecular weight is 255 g/mol. The smallest absolute Gasteiger partial charge is 0.0229 e. The van der Waals surface area contributed by atoms with E-state index in [1.165, 1.54) is 11.3 Å². The molecule has 1 aliphatic rings. The molecular weight excluding hydrogens is 243 g/mol. The van der Waals surface area contributed by atoms with E-state index in [0.29, 0.717) is 0 Å².